The van der Waals surface area contributed by atoms with Gasteiger partial charge in [0.15, 0.2) is 5.75 Å². The maximum atomic E-state index is 11.4. The van der Waals surface area contributed by atoms with Gasteiger partial charge in [0, 0.05) is 0 Å². The zero-order valence-corrected chi connectivity index (χ0v) is 10.0. The van der Waals surface area contributed by atoms with E-state index in [1.54, 1.807) is 12.1 Å². The van der Waals surface area contributed by atoms with Crippen LogP contribution in [0.2, 0.25) is 0 Å². The summed E-state index contributed by atoms with van der Waals surface area (Å²) >= 11 is 0. The maximum Gasteiger partial charge on any atom is 0.252 e. The molecule has 0 saturated heterocycles. The van der Waals surface area contributed by atoms with Crippen LogP contribution in [0, 0.1) is 0 Å². The molecule has 18 heavy (non-hydrogen) atoms. The number of methoxy groups -OCH3 is 1. The van der Waals surface area contributed by atoms with Crippen LogP contribution in [0.1, 0.15) is 10.4 Å². The van der Waals surface area contributed by atoms with E-state index in [4.69, 9.17) is 16.2 Å². The molecule has 2 aromatic carbocycles. The fourth-order valence-electron chi connectivity index (χ4n) is 1.86. The molecule has 2 aromatic rings. The van der Waals surface area contributed by atoms with Crippen molar-refractivity contribution >= 4 is 11.6 Å². The SMILES string of the molecule is COc1c(N)cc(-c2ccccc2)cc1C(N)=O. The number of carbonyl (C=O) groups excluding carboxylic acids is 1. The van der Waals surface area contributed by atoms with Gasteiger partial charge in [-0.1, -0.05) is 30.3 Å². The highest BCUT2D eigenvalue weighted by molar-refractivity contribution is 5.99. The second kappa shape index (κ2) is 4.79. The van der Waals surface area contributed by atoms with E-state index in [0.717, 1.165) is 11.1 Å². The molecule has 0 bridgehead atoms. The van der Waals surface area contributed by atoms with Gasteiger partial charge in [0.2, 0.25) is 0 Å². The highest BCUT2D eigenvalue weighted by Gasteiger charge is 2.14. The molecule has 0 aliphatic carbocycles. The van der Waals surface area contributed by atoms with Crippen LogP contribution in [-0.4, -0.2) is 13.0 Å². The Bertz CT molecular complexity index is 580. The first-order chi connectivity index (χ1) is 8.63. The molecule has 0 unspecified atom stereocenters. The van der Waals surface area contributed by atoms with Crippen LogP contribution >= 0.6 is 0 Å². The summed E-state index contributed by atoms with van der Waals surface area (Å²) in [5, 5.41) is 0. The monoisotopic (exact) mass is 242 g/mol. The minimum Gasteiger partial charge on any atom is -0.494 e. The molecule has 4 heteroatoms. The molecule has 4 nitrogen and oxygen atoms in total. The van der Waals surface area contributed by atoms with Crippen molar-refractivity contribution in [1.82, 2.24) is 0 Å². The summed E-state index contributed by atoms with van der Waals surface area (Å²) in [5.74, 6) is -0.237. The van der Waals surface area contributed by atoms with Gasteiger partial charge in [-0.25, -0.2) is 0 Å². The molecular formula is C14H14N2O2. The Labute approximate surface area is 105 Å². The van der Waals surface area contributed by atoms with Gasteiger partial charge in [-0.05, 0) is 23.3 Å². The molecule has 1 amide bonds. The molecular weight excluding hydrogens is 228 g/mol. The van der Waals surface area contributed by atoms with Crippen LogP contribution in [-0.2, 0) is 0 Å². The normalized spacial score (nSPS) is 10.1. The molecule has 0 aliphatic rings. The maximum absolute atomic E-state index is 11.4. The van der Waals surface area contributed by atoms with Gasteiger partial charge in [-0.3, -0.25) is 4.79 Å². The number of nitrogen functional groups attached to an aromatic ring is 1. The molecule has 0 atom stereocenters. The minimum atomic E-state index is -0.559. The Morgan fingerprint density at radius 3 is 2.33 bits per heavy atom. The number of amides is 1. The van der Waals surface area contributed by atoms with E-state index in [0.29, 0.717) is 11.4 Å². The Balaban J connectivity index is 2.62. The van der Waals surface area contributed by atoms with Crippen LogP contribution in [0.25, 0.3) is 11.1 Å². The second-order valence-corrected chi connectivity index (χ2v) is 3.88. The van der Waals surface area contributed by atoms with Crippen molar-refractivity contribution in [2.45, 2.75) is 0 Å². The zero-order chi connectivity index (χ0) is 13.1. The van der Waals surface area contributed by atoms with Gasteiger partial charge < -0.3 is 16.2 Å². The molecule has 92 valence electrons. The van der Waals surface area contributed by atoms with E-state index >= 15 is 0 Å². The number of hydrogen-bond acceptors (Lipinski definition) is 3. The molecule has 0 fully saturated rings. The molecule has 0 spiro atoms. The first-order valence-corrected chi connectivity index (χ1v) is 5.46. The second-order valence-electron chi connectivity index (χ2n) is 3.88. The summed E-state index contributed by atoms with van der Waals surface area (Å²) in [7, 11) is 1.46. The molecule has 0 radical (unpaired) electrons. The van der Waals surface area contributed by atoms with Crippen molar-refractivity contribution in [3.05, 3.63) is 48.0 Å². The summed E-state index contributed by atoms with van der Waals surface area (Å²) in [6.45, 7) is 0. The molecule has 0 saturated carbocycles. The number of carbonyl (C=O) groups is 1. The number of benzene rings is 2. The molecule has 0 heterocycles. The van der Waals surface area contributed by atoms with Crippen molar-refractivity contribution in [1.29, 1.82) is 0 Å². The van der Waals surface area contributed by atoms with Gasteiger partial charge in [0.05, 0.1) is 18.4 Å². The third kappa shape index (κ3) is 2.13. The third-order valence-corrected chi connectivity index (χ3v) is 2.69. The van der Waals surface area contributed by atoms with Gasteiger partial charge >= 0.3 is 0 Å². The molecule has 0 aliphatic heterocycles. The van der Waals surface area contributed by atoms with Gasteiger partial charge in [0.1, 0.15) is 0 Å². The van der Waals surface area contributed by atoms with Gasteiger partial charge in [0.25, 0.3) is 5.91 Å². The predicted octanol–water partition coefficient (Wildman–Crippen LogP) is 2.04. The lowest BCUT2D eigenvalue weighted by atomic mass is 10.0. The summed E-state index contributed by atoms with van der Waals surface area (Å²) in [6, 6.07) is 13.1. The van der Waals surface area contributed by atoms with Gasteiger partial charge in [-0.2, -0.15) is 0 Å². The summed E-state index contributed by atoms with van der Waals surface area (Å²) in [4.78, 5) is 11.4. The smallest absolute Gasteiger partial charge is 0.252 e. The van der Waals surface area contributed by atoms with E-state index in [9.17, 15) is 4.79 Å². The van der Waals surface area contributed by atoms with Crippen LogP contribution in [0.5, 0.6) is 5.75 Å². The number of nitrogens with two attached hydrogens (primary N) is 2. The number of anilines is 1. The van der Waals surface area contributed by atoms with Crippen molar-refractivity contribution in [3.63, 3.8) is 0 Å². The lowest BCUT2D eigenvalue weighted by Gasteiger charge is -2.11. The predicted molar refractivity (Wildman–Crippen MR) is 71.4 cm³/mol. The van der Waals surface area contributed by atoms with E-state index in [-0.39, 0.29) is 5.56 Å². The first kappa shape index (κ1) is 12.0. The van der Waals surface area contributed by atoms with Gasteiger partial charge in [-0.15, -0.1) is 0 Å². The summed E-state index contributed by atoms with van der Waals surface area (Å²) in [5.41, 5.74) is 13.7. The van der Waals surface area contributed by atoms with Crippen LogP contribution in [0.3, 0.4) is 0 Å². The van der Waals surface area contributed by atoms with E-state index in [1.165, 1.54) is 7.11 Å². The Morgan fingerprint density at radius 2 is 1.78 bits per heavy atom. The summed E-state index contributed by atoms with van der Waals surface area (Å²) in [6.07, 6.45) is 0. The average Bonchev–Trinajstić information content (AvgIpc) is 2.38. The third-order valence-electron chi connectivity index (χ3n) is 2.69. The van der Waals surface area contributed by atoms with Crippen LogP contribution in [0.4, 0.5) is 5.69 Å². The van der Waals surface area contributed by atoms with Crippen molar-refractivity contribution in [2.24, 2.45) is 5.73 Å². The van der Waals surface area contributed by atoms with E-state index < -0.39 is 5.91 Å². The fraction of sp³-hybridized carbons (Fsp3) is 0.0714. The average molecular weight is 242 g/mol. The Hall–Kier alpha value is -2.49. The zero-order valence-electron chi connectivity index (χ0n) is 10.0. The van der Waals surface area contributed by atoms with Crippen molar-refractivity contribution < 1.29 is 9.53 Å². The highest BCUT2D eigenvalue weighted by atomic mass is 16.5. The number of ether oxygens (including phenoxy) is 1. The van der Waals surface area contributed by atoms with Crippen LogP contribution in [0.15, 0.2) is 42.5 Å². The quantitative estimate of drug-likeness (QED) is 0.808. The van der Waals surface area contributed by atoms with Crippen molar-refractivity contribution in [2.75, 3.05) is 12.8 Å². The first-order valence-electron chi connectivity index (χ1n) is 5.46. The number of hydrogen-bond donors (Lipinski definition) is 2. The van der Waals surface area contributed by atoms with Crippen molar-refractivity contribution in [3.8, 4) is 16.9 Å². The molecule has 2 rings (SSSR count). The standard InChI is InChI=1S/C14H14N2O2/c1-18-13-11(14(16)17)7-10(8-12(13)15)9-5-3-2-4-6-9/h2-8H,15H2,1H3,(H2,16,17). The lowest BCUT2D eigenvalue weighted by Crippen LogP contribution is -2.13. The Morgan fingerprint density at radius 1 is 1.11 bits per heavy atom. The van der Waals surface area contributed by atoms with Crippen LogP contribution < -0.4 is 16.2 Å². The van der Waals surface area contributed by atoms with E-state index in [2.05, 4.69) is 0 Å². The number of primary amides is 1. The minimum absolute atomic E-state index is 0.288. The summed E-state index contributed by atoms with van der Waals surface area (Å²) < 4.78 is 5.10. The topological polar surface area (TPSA) is 78.3 Å². The Kier molecular flexibility index (Phi) is 3.19. The number of rotatable bonds is 3. The molecule has 0 aromatic heterocycles. The highest BCUT2D eigenvalue weighted by Crippen LogP contribution is 2.32. The largest absolute Gasteiger partial charge is 0.494 e. The lowest BCUT2D eigenvalue weighted by molar-refractivity contribution is 0.0997. The van der Waals surface area contributed by atoms with E-state index in [1.807, 2.05) is 30.3 Å². The fourth-order valence-corrected chi connectivity index (χ4v) is 1.86. The molecule has 4 N–H and O–H groups in total.